The summed E-state index contributed by atoms with van der Waals surface area (Å²) in [4.78, 5) is 27.1. The first-order chi connectivity index (χ1) is 23.0. The highest BCUT2D eigenvalue weighted by Crippen LogP contribution is 2.30. The van der Waals surface area contributed by atoms with Gasteiger partial charge in [0, 0.05) is 41.1 Å². The molecule has 6 rings (SSSR count). The molecule has 1 N–H and O–H groups in total. The van der Waals surface area contributed by atoms with Gasteiger partial charge in [0.15, 0.2) is 0 Å². The van der Waals surface area contributed by atoms with Gasteiger partial charge >= 0.3 is 12.2 Å². The largest absolute Gasteiger partial charge is 0.441 e. The van der Waals surface area contributed by atoms with Crippen molar-refractivity contribution in [2.24, 2.45) is 0 Å². The van der Waals surface area contributed by atoms with E-state index in [4.69, 9.17) is 28.2 Å². The van der Waals surface area contributed by atoms with Gasteiger partial charge < -0.3 is 28.6 Å². The normalized spacial score (nSPS) is 19.6. The van der Waals surface area contributed by atoms with E-state index in [1.807, 2.05) is 56.3 Å². The Kier molecular flexibility index (Phi) is 11.4. The van der Waals surface area contributed by atoms with Gasteiger partial charge in [0.2, 0.25) is 0 Å². The molecular weight excluding hydrogens is 642 g/mol. The van der Waals surface area contributed by atoms with E-state index in [-0.39, 0.29) is 19.8 Å². The van der Waals surface area contributed by atoms with Gasteiger partial charge in [-0.3, -0.25) is 14.0 Å². The predicted octanol–water partition coefficient (Wildman–Crippen LogP) is 4.62. The first-order valence-corrected chi connectivity index (χ1v) is 17.7. The van der Waals surface area contributed by atoms with Gasteiger partial charge in [-0.2, -0.15) is 8.42 Å². The number of hydrogen-bond acceptors (Lipinski definition) is 10. The zero-order chi connectivity index (χ0) is 34.4. The standard InChI is InChI=1S/C19H27NO6S.C15H16N2O4/c1-5-8-24-12-14(2)9-16-10-17(7-6-15(16)3)20-11-18(26-19(20)21)13-25-27(4,22)23;18-8-13-7-17(15(19)21-13)11-1-2-14-10(5-11)6-12-9-20-4-3-16(12)14/h6-7,9-10,18H,5,8,11-13H2,1-4H3;1-2,5-6,13,18H,3-4,7-9H2/b14-9+;. The topological polar surface area (TPSA) is 146 Å². The van der Waals surface area contributed by atoms with E-state index >= 15 is 0 Å². The summed E-state index contributed by atoms with van der Waals surface area (Å²) < 4.78 is 50.5. The Hall–Kier alpha value is -3.95. The van der Waals surface area contributed by atoms with Crippen LogP contribution in [-0.2, 0) is 46.4 Å². The third-order valence-corrected chi connectivity index (χ3v) is 8.63. The first kappa shape index (κ1) is 35.4. The third-order valence-electron chi connectivity index (χ3n) is 8.07. The van der Waals surface area contributed by atoms with Crippen molar-refractivity contribution in [3.8, 4) is 0 Å². The molecule has 2 amide bonds. The van der Waals surface area contributed by atoms with E-state index in [0.29, 0.717) is 25.4 Å². The number of carbonyl (C=O) groups excluding carboxylic acids is 2. The lowest BCUT2D eigenvalue weighted by Crippen LogP contribution is -2.26. The lowest BCUT2D eigenvalue weighted by Gasteiger charge is -2.17. The molecule has 48 heavy (non-hydrogen) atoms. The van der Waals surface area contributed by atoms with Crippen molar-refractivity contribution >= 4 is 50.7 Å². The molecule has 1 aromatic heterocycles. The number of aromatic nitrogens is 1. The molecule has 0 bridgehead atoms. The van der Waals surface area contributed by atoms with Crippen LogP contribution in [0, 0.1) is 6.92 Å². The van der Waals surface area contributed by atoms with E-state index in [1.165, 1.54) is 4.90 Å². The molecule has 3 aromatic rings. The van der Waals surface area contributed by atoms with Crippen molar-refractivity contribution in [3.05, 3.63) is 64.9 Å². The maximum Gasteiger partial charge on any atom is 0.414 e. The van der Waals surface area contributed by atoms with Gasteiger partial charge in [-0.1, -0.05) is 19.1 Å². The van der Waals surface area contributed by atoms with Crippen molar-refractivity contribution in [2.45, 2.75) is 52.6 Å². The van der Waals surface area contributed by atoms with Crippen molar-refractivity contribution in [1.29, 1.82) is 0 Å². The molecule has 3 aliphatic heterocycles. The van der Waals surface area contributed by atoms with E-state index < -0.39 is 34.5 Å². The molecule has 2 aromatic carbocycles. The third kappa shape index (κ3) is 8.74. The molecule has 0 radical (unpaired) electrons. The summed E-state index contributed by atoms with van der Waals surface area (Å²) in [6, 6.07) is 13.7. The Labute approximate surface area is 280 Å². The van der Waals surface area contributed by atoms with Crippen LogP contribution < -0.4 is 9.80 Å². The zero-order valence-electron chi connectivity index (χ0n) is 27.7. The average molecular weight is 686 g/mol. The van der Waals surface area contributed by atoms with Crippen LogP contribution >= 0.6 is 0 Å². The minimum atomic E-state index is -3.58. The minimum absolute atomic E-state index is 0.150. The number of carbonyl (C=O) groups is 2. The van der Waals surface area contributed by atoms with E-state index in [1.54, 1.807) is 4.90 Å². The van der Waals surface area contributed by atoms with Crippen LogP contribution in [0.4, 0.5) is 21.0 Å². The second-order valence-electron chi connectivity index (χ2n) is 12.1. The fourth-order valence-electron chi connectivity index (χ4n) is 5.68. The first-order valence-electron chi connectivity index (χ1n) is 15.9. The molecule has 0 aliphatic carbocycles. The SMILES string of the molecule is CCCOC/C(C)=C/c1cc(N2CC(COS(C)(=O)=O)OC2=O)ccc1C.O=C1OC(CO)CN1c1ccc2c(c1)cc1n2CCOC1. The van der Waals surface area contributed by atoms with Crippen LogP contribution in [0.5, 0.6) is 0 Å². The number of nitrogens with zero attached hydrogens (tertiary/aromatic N) is 3. The molecule has 2 atom stereocenters. The van der Waals surface area contributed by atoms with E-state index in [9.17, 15) is 18.0 Å². The molecule has 260 valence electrons. The van der Waals surface area contributed by atoms with E-state index in [2.05, 4.69) is 17.6 Å². The van der Waals surface area contributed by atoms with Gasteiger partial charge in [0.25, 0.3) is 10.1 Å². The highest BCUT2D eigenvalue weighted by atomic mass is 32.2. The zero-order valence-corrected chi connectivity index (χ0v) is 28.5. The number of cyclic esters (lactones) is 2. The summed E-state index contributed by atoms with van der Waals surface area (Å²) in [6.07, 6.45) is 2.00. The van der Waals surface area contributed by atoms with E-state index in [0.717, 1.165) is 71.4 Å². The Bertz CT molecular complexity index is 1770. The maximum absolute atomic E-state index is 12.2. The fraction of sp³-hybridized carbons (Fsp3) is 0.471. The number of rotatable bonds is 11. The quantitative estimate of drug-likeness (QED) is 0.224. The lowest BCUT2D eigenvalue weighted by molar-refractivity contribution is 0.0865. The lowest BCUT2D eigenvalue weighted by atomic mass is 10.0. The van der Waals surface area contributed by atoms with Crippen LogP contribution in [0.3, 0.4) is 0 Å². The Balaban J connectivity index is 0.000000193. The molecule has 4 heterocycles. The number of benzene rings is 2. The highest BCUT2D eigenvalue weighted by Gasteiger charge is 2.34. The summed E-state index contributed by atoms with van der Waals surface area (Å²) in [5, 5.41) is 10.2. The molecular formula is C34H43N3O10S. The Morgan fingerprint density at radius 2 is 1.71 bits per heavy atom. The second-order valence-corrected chi connectivity index (χ2v) is 13.7. The van der Waals surface area contributed by atoms with Crippen LogP contribution in [0.2, 0.25) is 0 Å². The molecule has 0 spiro atoms. The molecule has 3 aliphatic rings. The average Bonchev–Trinajstić information content (AvgIpc) is 3.74. The van der Waals surface area contributed by atoms with Crippen LogP contribution in [-0.4, -0.2) is 94.9 Å². The number of amides is 2. The second kappa shape index (κ2) is 15.5. The molecule has 2 unspecified atom stereocenters. The van der Waals surface area contributed by atoms with Gasteiger partial charge in [-0.05, 0) is 73.4 Å². The number of fused-ring (bicyclic) bond motifs is 3. The maximum atomic E-state index is 12.2. The van der Waals surface area contributed by atoms with Gasteiger partial charge in [-0.15, -0.1) is 0 Å². The molecule has 0 saturated carbocycles. The fourth-order valence-corrected chi connectivity index (χ4v) is 6.08. The molecule has 13 nitrogen and oxygen atoms in total. The van der Waals surface area contributed by atoms with Gasteiger partial charge in [0.05, 0.1) is 45.8 Å². The van der Waals surface area contributed by atoms with Gasteiger partial charge in [-0.25, -0.2) is 9.59 Å². The van der Waals surface area contributed by atoms with Crippen molar-refractivity contribution < 1.29 is 46.2 Å². The highest BCUT2D eigenvalue weighted by molar-refractivity contribution is 7.85. The van der Waals surface area contributed by atoms with Gasteiger partial charge in [0.1, 0.15) is 18.8 Å². The number of aryl methyl sites for hydroxylation is 1. The monoisotopic (exact) mass is 685 g/mol. The number of aliphatic hydroxyl groups is 1. The Morgan fingerprint density at radius 1 is 1.02 bits per heavy atom. The molecule has 2 saturated heterocycles. The summed E-state index contributed by atoms with van der Waals surface area (Å²) in [7, 11) is -3.58. The number of ether oxygens (including phenoxy) is 4. The minimum Gasteiger partial charge on any atom is -0.441 e. The smallest absolute Gasteiger partial charge is 0.414 e. The van der Waals surface area contributed by atoms with Crippen LogP contribution in [0.15, 0.2) is 48.0 Å². The Morgan fingerprint density at radius 3 is 2.40 bits per heavy atom. The van der Waals surface area contributed by atoms with Crippen LogP contribution in [0.25, 0.3) is 17.0 Å². The summed E-state index contributed by atoms with van der Waals surface area (Å²) in [5.41, 5.74) is 6.97. The summed E-state index contributed by atoms with van der Waals surface area (Å²) in [5.74, 6) is 0. The van der Waals surface area contributed by atoms with Crippen molar-refractivity contribution in [2.75, 3.05) is 62.2 Å². The predicted molar refractivity (Wildman–Crippen MR) is 181 cm³/mol. The molecule has 14 heteroatoms. The molecule has 2 fully saturated rings. The summed E-state index contributed by atoms with van der Waals surface area (Å²) >= 11 is 0. The van der Waals surface area contributed by atoms with Crippen LogP contribution in [0.1, 0.15) is 37.1 Å². The summed E-state index contributed by atoms with van der Waals surface area (Å²) in [6.45, 7) is 9.86. The number of anilines is 2. The number of hydrogen-bond donors (Lipinski definition) is 1. The van der Waals surface area contributed by atoms with Crippen molar-refractivity contribution in [3.63, 3.8) is 0 Å². The number of aliphatic hydroxyl groups excluding tert-OH is 1. The van der Waals surface area contributed by atoms with Crippen molar-refractivity contribution in [1.82, 2.24) is 4.57 Å².